The molecular weight excluding hydrogens is 272 g/mol. The van der Waals surface area contributed by atoms with Gasteiger partial charge in [-0.25, -0.2) is 4.98 Å². The first-order chi connectivity index (χ1) is 9.45. The van der Waals surface area contributed by atoms with Crippen molar-refractivity contribution in [3.05, 3.63) is 11.1 Å². The Bertz CT molecular complexity index is 456. The lowest BCUT2D eigenvalue weighted by Gasteiger charge is -2.21. The van der Waals surface area contributed by atoms with E-state index < -0.39 is 0 Å². The molecule has 5 nitrogen and oxygen atoms in total. The van der Waals surface area contributed by atoms with Crippen molar-refractivity contribution >= 4 is 22.4 Å². The van der Waals surface area contributed by atoms with E-state index in [4.69, 9.17) is 5.73 Å². The Morgan fingerprint density at radius 1 is 1.55 bits per heavy atom. The first kappa shape index (κ1) is 15.3. The molecular formula is C14H24N4OS. The van der Waals surface area contributed by atoms with E-state index in [1.165, 1.54) is 12.8 Å². The molecule has 1 aromatic heterocycles. The highest BCUT2D eigenvalue weighted by Crippen LogP contribution is 2.32. The van der Waals surface area contributed by atoms with Crippen molar-refractivity contribution < 1.29 is 4.79 Å². The van der Waals surface area contributed by atoms with E-state index in [9.17, 15) is 4.79 Å². The number of nitrogens with two attached hydrogens (primary N) is 1. The second kappa shape index (κ2) is 6.54. The second-order valence-corrected chi connectivity index (χ2v) is 6.83. The fourth-order valence-electron chi connectivity index (χ4n) is 2.30. The number of nitrogens with zero attached hydrogens (tertiary/aromatic N) is 3. The number of thiazole rings is 1. The van der Waals surface area contributed by atoms with Crippen molar-refractivity contribution in [2.45, 2.75) is 39.3 Å². The van der Waals surface area contributed by atoms with Crippen molar-refractivity contribution in [1.82, 2.24) is 9.88 Å². The highest BCUT2D eigenvalue weighted by Gasteiger charge is 2.28. The number of hydrogen-bond acceptors (Lipinski definition) is 5. The van der Waals surface area contributed by atoms with E-state index in [1.807, 2.05) is 0 Å². The molecule has 2 N–H and O–H groups in total. The number of primary amides is 1. The van der Waals surface area contributed by atoms with Gasteiger partial charge in [0.25, 0.3) is 0 Å². The molecule has 6 heteroatoms. The first-order valence-corrected chi connectivity index (χ1v) is 8.01. The zero-order valence-electron chi connectivity index (χ0n) is 12.5. The van der Waals surface area contributed by atoms with Crippen LogP contribution in [0.3, 0.4) is 0 Å². The second-order valence-electron chi connectivity index (χ2n) is 5.99. The van der Waals surface area contributed by atoms with Gasteiger partial charge in [0.1, 0.15) is 0 Å². The number of amides is 1. The predicted octanol–water partition coefficient (Wildman–Crippen LogP) is 1.68. The average Bonchev–Trinajstić information content (AvgIpc) is 3.07. The normalized spacial score (nSPS) is 15.1. The molecule has 1 aliphatic carbocycles. The van der Waals surface area contributed by atoms with Crippen molar-refractivity contribution in [2.24, 2.45) is 11.7 Å². The third-order valence-electron chi connectivity index (χ3n) is 3.32. The van der Waals surface area contributed by atoms with Gasteiger partial charge in [-0.15, -0.1) is 11.3 Å². The molecule has 0 atom stereocenters. The molecule has 0 radical (unpaired) electrons. The van der Waals surface area contributed by atoms with Crippen molar-refractivity contribution in [1.29, 1.82) is 0 Å². The van der Waals surface area contributed by atoms with Gasteiger partial charge in [-0.1, -0.05) is 13.8 Å². The molecule has 0 aromatic carbocycles. The predicted molar refractivity (Wildman–Crippen MR) is 82.8 cm³/mol. The topological polar surface area (TPSA) is 62.5 Å². The summed E-state index contributed by atoms with van der Waals surface area (Å²) < 4.78 is 0. The van der Waals surface area contributed by atoms with Crippen LogP contribution < -0.4 is 10.6 Å². The van der Waals surface area contributed by atoms with Gasteiger partial charge in [0, 0.05) is 31.6 Å². The van der Waals surface area contributed by atoms with Gasteiger partial charge in [0.2, 0.25) is 5.91 Å². The molecule has 112 valence electrons. The van der Waals surface area contributed by atoms with E-state index in [0.717, 1.165) is 17.4 Å². The van der Waals surface area contributed by atoms with Crippen LogP contribution in [-0.2, 0) is 11.3 Å². The van der Waals surface area contributed by atoms with Gasteiger partial charge in [0.05, 0.1) is 12.2 Å². The number of hydrogen-bond donors (Lipinski definition) is 1. The summed E-state index contributed by atoms with van der Waals surface area (Å²) in [6.45, 7) is 6.12. The third kappa shape index (κ3) is 4.45. The van der Waals surface area contributed by atoms with Gasteiger partial charge in [-0.05, 0) is 18.8 Å². The maximum Gasteiger partial charge on any atom is 0.231 e. The van der Waals surface area contributed by atoms with E-state index >= 15 is 0 Å². The summed E-state index contributed by atoms with van der Waals surface area (Å²) in [5, 5.41) is 3.16. The summed E-state index contributed by atoms with van der Waals surface area (Å²) >= 11 is 1.68. The summed E-state index contributed by atoms with van der Waals surface area (Å²) in [6.07, 6.45) is 2.54. The number of carbonyl (C=O) groups is 1. The molecule has 2 rings (SSSR count). The first-order valence-electron chi connectivity index (χ1n) is 7.13. The van der Waals surface area contributed by atoms with Crippen molar-refractivity contribution in [3.63, 3.8) is 0 Å². The third-order valence-corrected chi connectivity index (χ3v) is 4.30. The van der Waals surface area contributed by atoms with Crippen LogP contribution in [0.15, 0.2) is 5.38 Å². The molecule has 0 unspecified atom stereocenters. The van der Waals surface area contributed by atoms with Crippen LogP contribution in [0.1, 0.15) is 32.4 Å². The van der Waals surface area contributed by atoms with Crippen LogP contribution in [0.2, 0.25) is 0 Å². The van der Waals surface area contributed by atoms with Crippen LogP contribution >= 0.6 is 11.3 Å². The molecule has 1 aromatic rings. The summed E-state index contributed by atoms with van der Waals surface area (Å²) in [6, 6.07) is 0.673. The number of aromatic nitrogens is 1. The maximum absolute atomic E-state index is 11.1. The monoisotopic (exact) mass is 296 g/mol. The Morgan fingerprint density at radius 2 is 2.25 bits per heavy atom. The zero-order valence-corrected chi connectivity index (χ0v) is 13.3. The molecule has 1 saturated carbocycles. The molecule has 0 saturated heterocycles. The smallest absolute Gasteiger partial charge is 0.231 e. The Labute approximate surface area is 124 Å². The minimum Gasteiger partial charge on any atom is -0.369 e. The van der Waals surface area contributed by atoms with Gasteiger partial charge in [0.15, 0.2) is 5.13 Å². The zero-order chi connectivity index (χ0) is 14.7. The van der Waals surface area contributed by atoms with E-state index in [0.29, 0.717) is 25.0 Å². The minimum atomic E-state index is -0.281. The number of anilines is 1. The van der Waals surface area contributed by atoms with Crippen LogP contribution in [0, 0.1) is 5.92 Å². The quantitative estimate of drug-likeness (QED) is 0.793. The summed E-state index contributed by atoms with van der Waals surface area (Å²) in [4.78, 5) is 20.2. The molecule has 1 aliphatic rings. The van der Waals surface area contributed by atoms with E-state index in [1.54, 1.807) is 11.3 Å². The molecule has 20 heavy (non-hydrogen) atoms. The van der Waals surface area contributed by atoms with Crippen molar-refractivity contribution in [3.8, 4) is 0 Å². The molecule has 1 heterocycles. The lowest BCUT2D eigenvalue weighted by molar-refractivity contribution is -0.119. The van der Waals surface area contributed by atoms with Gasteiger partial charge in [-0.2, -0.15) is 0 Å². The van der Waals surface area contributed by atoms with Crippen LogP contribution in [-0.4, -0.2) is 42.0 Å². The highest BCUT2D eigenvalue weighted by atomic mass is 32.1. The van der Waals surface area contributed by atoms with Crippen molar-refractivity contribution in [2.75, 3.05) is 25.0 Å². The molecule has 1 amide bonds. The summed E-state index contributed by atoms with van der Waals surface area (Å²) in [7, 11) is 2.11. The Hall–Kier alpha value is -1.14. The molecule has 0 bridgehead atoms. The maximum atomic E-state index is 11.1. The molecule has 1 fully saturated rings. The fraction of sp³-hybridized carbons (Fsp3) is 0.714. The van der Waals surface area contributed by atoms with E-state index in [2.05, 4.69) is 41.1 Å². The number of carbonyl (C=O) groups excluding carboxylic acids is 1. The Morgan fingerprint density at radius 3 is 2.80 bits per heavy atom. The lowest BCUT2D eigenvalue weighted by Crippen LogP contribution is -2.35. The largest absolute Gasteiger partial charge is 0.369 e. The lowest BCUT2D eigenvalue weighted by atomic mass is 10.2. The summed E-state index contributed by atoms with van der Waals surface area (Å²) in [5.74, 6) is 0.220. The van der Waals surface area contributed by atoms with Crippen LogP contribution in [0.25, 0.3) is 0 Å². The molecule has 0 aliphatic heterocycles. The summed E-state index contributed by atoms with van der Waals surface area (Å²) in [5.41, 5.74) is 6.34. The fourth-order valence-corrected chi connectivity index (χ4v) is 3.15. The van der Waals surface area contributed by atoms with Gasteiger partial charge in [-0.3, -0.25) is 9.69 Å². The van der Waals surface area contributed by atoms with Gasteiger partial charge < -0.3 is 10.6 Å². The average molecular weight is 296 g/mol. The standard InChI is InChI=1S/C14H24N4OS/c1-10(2)6-18(8-13(15)19)7-11-9-20-14(16-11)17(3)12-4-5-12/h9-10,12H,4-8H2,1-3H3,(H2,15,19). The van der Waals surface area contributed by atoms with E-state index in [-0.39, 0.29) is 5.91 Å². The highest BCUT2D eigenvalue weighted by molar-refractivity contribution is 7.13. The van der Waals surface area contributed by atoms with Crippen LogP contribution in [0.5, 0.6) is 0 Å². The SMILES string of the molecule is CC(C)CN(CC(N)=O)Cc1csc(N(C)C2CC2)n1. The Kier molecular flexibility index (Phi) is 4.99. The Balaban J connectivity index is 1.96. The van der Waals surface area contributed by atoms with Gasteiger partial charge >= 0.3 is 0 Å². The van der Waals surface area contributed by atoms with Crippen LogP contribution in [0.4, 0.5) is 5.13 Å². The number of rotatable bonds is 8. The minimum absolute atomic E-state index is 0.281. The molecule has 0 spiro atoms.